The predicted octanol–water partition coefficient (Wildman–Crippen LogP) is 12.5. The number of hydrogen-bond acceptors (Lipinski definition) is 1. The van der Waals surface area contributed by atoms with Crippen LogP contribution >= 0.6 is 0 Å². The van der Waals surface area contributed by atoms with Crippen LogP contribution in [0, 0.1) is 0 Å². The van der Waals surface area contributed by atoms with Gasteiger partial charge in [-0.25, -0.2) is 0 Å². The highest BCUT2D eigenvalue weighted by Crippen LogP contribution is 2.53. The zero-order valence-electron chi connectivity index (χ0n) is 26.6. The van der Waals surface area contributed by atoms with Gasteiger partial charge in [-0.2, -0.15) is 0 Å². The van der Waals surface area contributed by atoms with E-state index in [1.54, 1.807) is 0 Å². The van der Waals surface area contributed by atoms with Gasteiger partial charge in [0.2, 0.25) is 0 Å². The van der Waals surface area contributed by atoms with Crippen molar-refractivity contribution in [1.29, 1.82) is 0 Å². The van der Waals surface area contributed by atoms with Gasteiger partial charge in [-0.1, -0.05) is 109 Å². The third-order valence-corrected chi connectivity index (χ3v) is 10.4. The average molecular weight is 624 g/mol. The molecule has 0 aliphatic carbocycles. The van der Waals surface area contributed by atoms with Crippen LogP contribution in [-0.4, -0.2) is 8.97 Å². The van der Waals surface area contributed by atoms with Crippen LogP contribution in [0.3, 0.4) is 0 Å². The summed E-state index contributed by atoms with van der Waals surface area (Å²) < 4.78 is 4.87. The first-order chi connectivity index (χ1) is 24.3. The number of para-hydroxylation sites is 4. The highest BCUT2D eigenvalue weighted by molar-refractivity contribution is 6.19. The summed E-state index contributed by atoms with van der Waals surface area (Å²) in [6.07, 6.45) is 0. The molecule has 11 rings (SSSR count). The standard InChI is InChI=1S/C46H29N3/c1-3-13-32(14-4-1)47-40-21-11-10-19-36(40)38-27-30(23-25-42(38)47)31-24-26-43-39(28-31)44-29-45(48(43)33-15-5-2-6-16-33)46-37-20-8-7-17-34(37)35-18-9-12-22-41(35)49(44)46/h1-29H. The molecule has 0 amide bonds. The Kier molecular flexibility index (Phi) is 5.38. The summed E-state index contributed by atoms with van der Waals surface area (Å²) >= 11 is 0. The highest BCUT2D eigenvalue weighted by Gasteiger charge is 2.30. The quantitative estimate of drug-likeness (QED) is 0.178. The van der Waals surface area contributed by atoms with Gasteiger partial charge in [-0.3, -0.25) is 0 Å². The fourth-order valence-corrected chi connectivity index (χ4v) is 8.30. The minimum absolute atomic E-state index is 1.16. The molecule has 4 heterocycles. The minimum atomic E-state index is 1.16. The lowest BCUT2D eigenvalue weighted by atomic mass is 9.96. The molecule has 0 spiro atoms. The van der Waals surface area contributed by atoms with Crippen LogP contribution in [0.4, 0.5) is 17.1 Å². The van der Waals surface area contributed by atoms with Gasteiger partial charge in [0.1, 0.15) is 0 Å². The summed E-state index contributed by atoms with van der Waals surface area (Å²) in [4.78, 5) is 2.44. The molecule has 3 nitrogen and oxygen atoms in total. The van der Waals surface area contributed by atoms with Crippen molar-refractivity contribution in [2.75, 3.05) is 4.90 Å². The van der Waals surface area contributed by atoms with Crippen molar-refractivity contribution in [3.63, 3.8) is 0 Å². The fraction of sp³-hybridized carbons (Fsp3) is 0. The van der Waals surface area contributed by atoms with E-state index < -0.39 is 0 Å². The molecule has 10 aromatic rings. The molecule has 0 saturated heterocycles. The van der Waals surface area contributed by atoms with E-state index in [0.717, 1.165) is 5.69 Å². The Bertz CT molecular complexity index is 2930. The van der Waals surface area contributed by atoms with E-state index >= 15 is 0 Å². The SMILES string of the molecule is c1ccc(N2c3ccc(-c4ccc5c(c4)c4ccccc4n5-c4ccccc4)cc3-c3cc2c2c4ccccc4c4ccccc4n32)cc1. The molecule has 2 bridgehead atoms. The average Bonchev–Trinajstić information content (AvgIpc) is 3.69. The van der Waals surface area contributed by atoms with E-state index in [1.807, 2.05) is 0 Å². The molecule has 0 saturated carbocycles. The Labute approximate surface area is 283 Å². The first-order valence-corrected chi connectivity index (χ1v) is 16.9. The molecule has 3 aromatic heterocycles. The molecule has 1 aliphatic heterocycles. The van der Waals surface area contributed by atoms with E-state index in [4.69, 9.17) is 0 Å². The van der Waals surface area contributed by atoms with Crippen LogP contribution in [0.1, 0.15) is 0 Å². The number of fused-ring (bicyclic) bond motifs is 8. The number of nitrogens with zero attached hydrogens (tertiary/aromatic N) is 3. The van der Waals surface area contributed by atoms with Crippen LogP contribution in [0.2, 0.25) is 0 Å². The summed E-state index contributed by atoms with van der Waals surface area (Å²) in [5.74, 6) is 0. The van der Waals surface area contributed by atoms with Crippen molar-refractivity contribution in [2.45, 2.75) is 0 Å². The summed E-state index contributed by atoms with van der Waals surface area (Å²) in [6, 6.07) is 64.2. The second kappa shape index (κ2) is 9.96. The summed E-state index contributed by atoms with van der Waals surface area (Å²) in [5, 5.41) is 6.32. The molecule has 7 aromatic carbocycles. The van der Waals surface area contributed by atoms with Crippen molar-refractivity contribution in [2.24, 2.45) is 0 Å². The lowest BCUT2D eigenvalue weighted by molar-refractivity contribution is 1.18. The smallest absolute Gasteiger partial charge is 0.0782 e. The second-order valence-corrected chi connectivity index (χ2v) is 13.0. The predicted molar refractivity (Wildman–Crippen MR) is 206 cm³/mol. The number of anilines is 3. The molecule has 0 unspecified atom stereocenters. The summed E-state index contributed by atoms with van der Waals surface area (Å²) in [5.41, 5.74) is 14.5. The van der Waals surface area contributed by atoms with Crippen molar-refractivity contribution in [3.05, 3.63) is 176 Å². The van der Waals surface area contributed by atoms with Gasteiger partial charge in [0.05, 0.1) is 39.1 Å². The zero-order chi connectivity index (χ0) is 32.1. The second-order valence-electron chi connectivity index (χ2n) is 13.0. The largest absolute Gasteiger partial charge is 0.309 e. The van der Waals surface area contributed by atoms with Crippen molar-refractivity contribution in [3.8, 4) is 28.1 Å². The van der Waals surface area contributed by atoms with Crippen molar-refractivity contribution >= 4 is 66.1 Å². The van der Waals surface area contributed by atoms with Gasteiger partial charge >= 0.3 is 0 Å². The Hall–Kier alpha value is -6.58. The lowest BCUT2D eigenvalue weighted by Gasteiger charge is -2.28. The molecule has 0 N–H and O–H groups in total. The fourth-order valence-electron chi connectivity index (χ4n) is 8.30. The number of benzene rings is 7. The molecule has 0 atom stereocenters. The summed E-state index contributed by atoms with van der Waals surface area (Å²) in [6.45, 7) is 0. The molecule has 0 radical (unpaired) electrons. The number of hydrogen-bond donors (Lipinski definition) is 0. The minimum Gasteiger partial charge on any atom is -0.309 e. The molecule has 3 heteroatoms. The molecular weight excluding hydrogens is 595 g/mol. The van der Waals surface area contributed by atoms with Gasteiger partial charge < -0.3 is 13.9 Å². The van der Waals surface area contributed by atoms with Gasteiger partial charge in [0.25, 0.3) is 0 Å². The van der Waals surface area contributed by atoms with Gasteiger partial charge in [-0.05, 0) is 83.2 Å². The first-order valence-electron chi connectivity index (χ1n) is 16.9. The Morgan fingerprint density at radius 3 is 1.69 bits per heavy atom. The zero-order valence-corrected chi connectivity index (χ0v) is 26.6. The third kappa shape index (κ3) is 3.67. The highest BCUT2D eigenvalue weighted by atomic mass is 15.2. The van der Waals surface area contributed by atoms with Gasteiger partial charge in [0, 0.05) is 38.5 Å². The van der Waals surface area contributed by atoms with Crippen LogP contribution < -0.4 is 4.90 Å². The maximum Gasteiger partial charge on any atom is 0.0782 e. The Morgan fingerprint density at radius 1 is 0.347 bits per heavy atom. The number of aromatic nitrogens is 2. The molecule has 1 aliphatic rings. The van der Waals surface area contributed by atoms with E-state index in [1.165, 1.54) is 88.4 Å². The Morgan fingerprint density at radius 2 is 0.918 bits per heavy atom. The van der Waals surface area contributed by atoms with Crippen LogP contribution in [0.25, 0.3) is 77.1 Å². The molecule has 0 fully saturated rings. The monoisotopic (exact) mass is 623 g/mol. The maximum atomic E-state index is 2.50. The lowest BCUT2D eigenvalue weighted by Crippen LogP contribution is -2.12. The maximum absolute atomic E-state index is 2.50. The van der Waals surface area contributed by atoms with Crippen LogP contribution in [-0.2, 0) is 0 Å². The van der Waals surface area contributed by atoms with E-state index in [2.05, 4.69) is 190 Å². The molecular formula is C46H29N3. The first kappa shape index (κ1) is 26.5. The van der Waals surface area contributed by atoms with Crippen LogP contribution in [0.15, 0.2) is 176 Å². The van der Waals surface area contributed by atoms with E-state index in [0.29, 0.717) is 0 Å². The van der Waals surface area contributed by atoms with Crippen LogP contribution in [0.5, 0.6) is 0 Å². The number of rotatable bonds is 3. The van der Waals surface area contributed by atoms with Gasteiger partial charge in [0.15, 0.2) is 0 Å². The topological polar surface area (TPSA) is 12.6 Å². The molecule has 228 valence electrons. The third-order valence-electron chi connectivity index (χ3n) is 10.4. The van der Waals surface area contributed by atoms with Gasteiger partial charge in [-0.15, -0.1) is 0 Å². The normalized spacial score (nSPS) is 12.4. The summed E-state index contributed by atoms with van der Waals surface area (Å²) in [7, 11) is 0. The van der Waals surface area contributed by atoms with Crippen molar-refractivity contribution in [1.82, 2.24) is 8.97 Å². The molecule has 49 heavy (non-hydrogen) atoms. The number of pyridine rings is 1. The van der Waals surface area contributed by atoms with Crippen molar-refractivity contribution < 1.29 is 0 Å². The van der Waals surface area contributed by atoms with E-state index in [-0.39, 0.29) is 0 Å². The Balaban J connectivity index is 1.19. The van der Waals surface area contributed by atoms with E-state index in [9.17, 15) is 0 Å².